The minimum Gasteiger partial charge on any atom is -0.396 e. The zero-order valence-corrected chi connectivity index (χ0v) is 17.7. The van der Waals surface area contributed by atoms with Gasteiger partial charge in [0.1, 0.15) is 6.04 Å². The summed E-state index contributed by atoms with van der Waals surface area (Å²) in [6.45, 7) is 7.57. The lowest BCUT2D eigenvalue weighted by atomic mass is 9.86. The van der Waals surface area contributed by atoms with E-state index in [2.05, 4.69) is 17.2 Å². The van der Waals surface area contributed by atoms with E-state index in [9.17, 15) is 9.59 Å². The van der Waals surface area contributed by atoms with Crippen molar-refractivity contribution in [1.29, 1.82) is 0 Å². The molecule has 0 bridgehead atoms. The summed E-state index contributed by atoms with van der Waals surface area (Å²) in [5.41, 5.74) is 7.53. The van der Waals surface area contributed by atoms with Gasteiger partial charge in [-0.15, -0.1) is 0 Å². The second-order valence-corrected chi connectivity index (χ2v) is 8.18. The Kier molecular flexibility index (Phi) is 9.83. The highest BCUT2D eigenvalue weighted by atomic mass is 16.5. The van der Waals surface area contributed by atoms with Gasteiger partial charge in [0.05, 0.1) is 0 Å². The minimum atomic E-state index is -1.07. The molecule has 1 aromatic rings. The third-order valence-corrected chi connectivity index (χ3v) is 4.53. The molecule has 0 radical (unpaired) electrons. The molecule has 0 aromatic heterocycles. The average molecular weight is 404 g/mol. The topological polar surface area (TPSA) is 125 Å². The molecular formula is C22H33N3O4. The first-order chi connectivity index (χ1) is 13.6. The molecule has 2 rings (SSSR count). The van der Waals surface area contributed by atoms with E-state index in [0.717, 1.165) is 5.56 Å². The smallest absolute Gasteiger partial charge is 0.267 e. The Labute approximate surface area is 173 Å². The Morgan fingerprint density at radius 2 is 1.83 bits per heavy atom. The van der Waals surface area contributed by atoms with Crippen molar-refractivity contribution in [2.75, 3.05) is 6.61 Å². The van der Waals surface area contributed by atoms with Gasteiger partial charge in [-0.3, -0.25) is 14.8 Å². The number of hydrogen-bond acceptors (Lipinski definition) is 5. The fraction of sp³-hybridized carbons (Fsp3) is 0.545. The van der Waals surface area contributed by atoms with E-state index >= 15 is 0 Å². The molecule has 0 aliphatic heterocycles. The summed E-state index contributed by atoms with van der Waals surface area (Å²) in [6, 6.07) is 5.65. The summed E-state index contributed by atoms with van der Waals surface area (Å²) >= 11 is 0. The van der Waals surface area contributed by atoms with Crippen LogP contribution in [-0.4, -0.2) is 40.3 Å². The number of nitrogens with two attached hydrogens (primary N) is 1. The van der Waals surface area contributed by atoms with Gasteiger partial charge >= 0.3 is 0 Å². The first kappa shape index (κ1) is 24.6. The monoisotopic (exact) mass is 403 g/mol. The molecule has 1 aromatic carbocycles. The van der Waals surface area contributed by atoms with Gasteiger partial charge in [-0.2, -0.15) is 0 Å². The van der Waals surface area contributed by atoms with Gasteiger partial charge in [0.25, 0.3) is 11.8 Å². The van der Waals surface area contributed by atoms with Gasteiger partial charge in [0.2, 0.25) is 0 Å². The summed E-state index contributed by atoms with van der Waals surface area (Å²) in [7, 11) is 0. The van der Waals surface area contributed by atoms with Crippen molar-refractivity contribution in [1.82, 2.24) is 10.8 Å². The van der Waals surface area contributed by atoms with Gasteiger partial charge in [-0.25, -0.2) is 5.48 Å². The number of nitrogens with one attached hydrogen (secondary N) is 2. The number of hydrogen-bond donors (Lipinski definition) is 5. The normalized spacial score (nSPS) is 14.5. The Morgan fingerprint density at radius 3 is 2.17 bits per heavy atom. The molecule has 160 valence electrons. The highest BCUT2D eigenvalue weighted by Crippen LogP contribution is 2.24. The Hall–Kier alpha value is -2.40. The van der Waals surface area contributed by atoms with Crippen LogP contribution in [0.15, 0.2) is 24.3 Å². The maximum Gasteiger partial charge on any atom is 0.267 e. The maximum atomic E-state index is 12.2. The van der Waals surface area contributed by atoms with Crippen LogP contribution >= 0.6 is 0 Å². The van der Waals surface area contributed by atoms with E-state index in [1.807, 2.05) is 13.8 Å². The van der Waals surface area contributed by atoms with Gasteiger partial charge in [0.15, 0.2) is 0 Å². The highest BCUT2D eigenvalue weighted by molar-refractivity contribution is 5.97. The van der Waals surface area contributed by atoms with Crippen molar-refractivity contribution in [3.05, 3.63) is 35.4 Å². The van der Waals surface area contributed by atoms with Crippen molar-refractivity contribution in [3.8, 4) is 11.8 Å². The van der Waals surface area contributed by atoms with Crippen LogP contribution in [0.25, 0.3) is 0 Å². The number of carbonyl (C=O) groups excluding carboxylic acids is 2. The SMILES string of the molecule is CC(C)C#Cc1ccc(C(=O)NC(C(=O)NO)C(C)(C)N)cc1.OCC1CCC1. The lowest BCUT2D eigenvalue weighted by Gasteiger charge is -2.29. The van der Waals surface area contributed by atoms with E-state index in [4.69, 9.17) is 16.0 Å². The van der Waals surface area contributed by atoms with Crippen LogP contribution in [0.5, 0.6) is 0 Å². The molecule has 7 nitrogen and oxygen atoms in total. The molecule has 0 heterocycles. The van der Waals surface area contributed by atoms with Crippen LogP contribution in [0.4, 0.5) is 0 Å². The van der Waals surface area contributed by atoms with Gasteiger partial charge in [-0.05, 0) is 56.9 Å². The number of rotatable bonds is 5. The molecule has 1 atom stereocenters. The summed E-state index contributed by atoms with van der Waals surface area (Å²) in [5, 5.41) is 19.7. The molecule has 2 amide bonds. The Balaban J connectivity index is 0.000000594. The predicted octanol–water partition coefficient (Wildman–Crippen LogP) is 1.81. The molecule has 1 aliphatic rings. The quantitative estimate of drug-likeness (QED) is 0.291. The fourth-order valence-electron chi connectivity index (χ4n) is 2.48. The van der Waals surface area contributed by atoms with E-state index in [1.54, 1.807) is 38.1 Å². The summed E-state index contributed by atoms with van der Waals surface area (Å²) in [6.07, 6.45) is 3.86. The standard InChI is InChI=1S/C17H23N3O3.C5H10O/c1-11(2)5-6-12-7-9-13(10-8-12)15(21)19-14(16(22)20-23)17(3,4)18;6-4-5-2-1-3-5/h7-11,14,23H,18H2,1-4H3,(H,19,21)(H,20,22);5-6H,1-4H2. The predicted molar refractivity (Wildman–Crippen MR) is 112 cm³/mol. The van der Waals surface area contributed by atoms with Crippen molar-refractivity contribution in [2.24, 2.45) is 17.6 Å². The van der Waals surface area contributed by atoms with Crippen LogP contribution in [0, 0.1) is 23.7 Å². The first-order valence-corrected chi connectivity index (χ1v) is 9.84. The van der Waals surface area contributed by atoms with Crippen molar-refractivity contribution in [3.63, 3.8) is 0 Å². The number of aliphatic hydroxyl groups is 1. The Bertz CT molecular complexity index is 720. The van der Waals surface area contributed by atoms with Crippen molar-refractivity contribution >= 4 is 11.8 Å². The van der Waals surface area contributed by atoms with Crippen LogP contribution in [0.3, 0.4) is 0 Å². The molecule has 1 unspecified atom stereocenters. The number of benzene rings is 1. The zero-order valence-electron chi connectivity index (χ0n) is 17.7. The van der Waals surface area contributed by atoms with E-state index in [-0.39, 0.29) is 5.92 Å². The van der Waals surface area contributed by atoms with Crippen molar-refractivity contribution in [2.45, 2.75) is 58.5 Å². The molecule has 6 N–H and O–H groups in total. The number of hydroxylamine groups is 1. The fourth-order valence-corrected chi connectivity index (χ4v) is 2.48. The Morgan fingerprint density at radius 1 is 1.24 bits per heavy atom. The second kappa shape index (κ2) is 11.6. The molecule has 0 spiro atoms. The van der Waals surface area contributed by atoms with Gasteiger partial charge < -0.3 is 16.2 Å². The van der Waals surface area contributed by atoms with E-state index < -0.39 is 23.4 Å². The minimum absolute atomic E-state index is 0.266. The van der Waals surface area contributed by atoms with Crippen LogP contribution in [0.1, 0.15) is 62.9 Å². The van der Waals surface area contributed by atoms with Gasteiger partial charge in [-0.1, -0.05) is 32.1 Å². The molecule has 1 saturated carbocycles. The van der Waals surface area contributed by atoms with Crippen molar-refractivity contribution < 1.29 is 19.9 Å². The maximum absolute atomic E-state index is 12.2. The molecule has 7 heteroatoms. The van der Waals surface area contributed by atoms with Gasteiger partial charge in [0, 0.05) is 29.2 Å². The molecule has 1 fully saturated rings. The molecule has 0 saturated heterocycles. The van der Waals surface area contributed by atoms with Crippen LogP contribution < -0.4 is 16.5 Å². The summed E-state index contributed by atoms with van der Waals surface area (Å²) in [5.74, 6) is 5.75. The third kappa shape index (κ3) is 8.65. The molecule has 1 aliphatic carbocycles. The average Bonchev–Trinajstić information content (AvgIpc) is 2.62. The number of amides is 2. The first-order valence-electron chi connectivity index (χ1n) is 9.84. The number of aliphatic hydroxyl groups excluding tert-OH is 1. The number of carbonyl (C=O) groups is 2. The molecular weight excluding hydrogens is 370 g/mol. The van der Waals surface area contributed by atoms with Crippen LogP contribution in [0.2, 0.25) is 0 Å². The summed E-state index contributed by atoms with van der Waals surface area (Å²) in [4.78, 5) is 23.9. The lowest BCUT2D eigenvalue weighted by Crippen LogP contribution is -2.61. The molecule has 29 heavy (non-hydrogen) atoms. The van der Waals surface area contributed by atoms with E-state index in [0.29, 0.717) is 18.1 Å². The lowest BCUT2D eigenvalue weighted by molar-refractivity contribution is -0.132. The second-order valence-electron chi connectivity index (χ2n) is 8.18. The summed E-state index contributed by atoms with van der Waals surface area (Å²) < 4.78 is 0. The highest BCUT2D eigenvalue weighted by Gasteiger charge is 2.33. The van der Waals surface area contributed by atoms with Crippen LogP contribution in [-0.2, 0) is 4.79 Å². The zero-order chi connectivity index (χ0) is 22.0. The largest absolute Gasteiger partial charge is 0.396 e. The third-order valence-electron chi connectivity index (χ3n) is 4.53. The van der Waals surface area contributed by atoms with E-state index in [1.165, 1.54) is 24.7 Å².